The molecule has 2 fully saturated rings. The Morgan fingerprint density at radius 2 is 1.71 bits per heavy atom. The summed E-state index contributed by atoms with van der Waals surface area (Å²) in [5, 5.41) is 8.98. The van der Waals surface area contributed by atoms with E-state index in [1.165, 1.54) is 4.90 Å². The van der Waals surface area contributed by atoms with Crippen molar-refractivity contribution >= 4 is 23.9 Å². The summed E-state index contributed by atoms with van der Waals surface area (Å²) in [6, 6.07) is 18.3. The van der Waals surface area contributed by atoms with Crippen LogP contribution < -0.4 is 0 Å². The summed E-state index contributed by atoms with van der Waals surface area (Å²) in [5.41, 5.74) is 2.79. The predicted octanol–water partition coefficient (Wildman–Crippen LogP) is 4.69. The van der Waals surface area contributed by atoms with Crippen molar-refractivity contribution in [3.63, 3.8) is 0 Å². The number of benzene rings is 2. The number of carboxylic acids is 1. The standard InChI is InChI=1S/C28H29NO6/c30-23-18-24-29(23)26(28(33)34-19-21-12-5-2-6-13-21)27(35-24)22(15-7-8-17-25(31)32)16-9-14-20-10-3-1-4-11-20/h1-6,9-14,24,26H,7-8,15-19H2,(H,31,32). The van der Waals surface area contributed by atoms with Crippen LogP contribution >= 0.6 is 0 Å². The third-order valence-electron chi connectivity index (χ3n) is 6.13. The lowest BCUT2D eigenvalue weighted by Crippen LogP contribution is -2.55. The number of carbonyl (C=O) groups is 3. The van der Waals surface area contributed by atoms with Crippen LogP contribution in [0.15, 0.2) is 78.1 Å². The van der Waals surface area contributed by atoms with Crippen LogP contribution in [0.4, 0.5) is 0 Å². The molecule has 2 heterocycles. The lowest BCUT2D eigenvalue weighted by Gasteiger charge is -2.33. The Bertz CT molecular complexity index is 1110. The summed E-state index contributed by atoms with van der Waals surface area (Å²) in [5.74, 6) is -1.03. The van der Waals surface area contributed by atoms with Crippen molar-refractivity contribution in [1.29, 1.82) is 0 Å². The average Bonchev–Trinajstić information content (AvgIpc) is 3.18. The Morgan fingerprint density at radius 1 is 1.03 bits per heavy atom. The van der Waals surface area contributed by atoms with E-state index in [9.17, 15) is 14.4 Å². The van der Waals surface area contributed by atoms with Crippen LogP contribution in [-0.2, 0) is 30.5 Å². The fraction of sp³-hybridized carbons (Fsp3) is 0.321. The second-order valence-corrected chi connectivity index (χ2v) is 8.66. The first-order valence-electron chi connectivity index (χ1n) is 11.9. The zero-order valence-corrected chi connectivity index (χ0v) is 19.5. The average molecular weight is 476 g/mol. The number of hydrogen-bond donors (Lipinski definition) is 1. The molecule has 0 spiro atoms. The zero-order chi connectivity index (χ0) is 24.6. The van der Waals surface area contributed by atoms with E-state index >= 15 is 0 Å². The number of ether oxygens (including phenoxy) is 2. The second-order valence-electron chi connectivity index (χ2n) is 8.66. The maximum Gasteiger partial charge on any atom is 0.337 e. The fourth-order valence-electron chi connectivity index (χ4n) is 4.29. The number of fused-ring (bicyclic) bond motifs is 1. The molecule has 2 unspecified atom stereocenters. The molecule has 7 nitrogen and oxygen atoms in total. The maximum absolute atomic E-state index is 13.2. The number of unbranched alkanes of at least 4 members (excludes halogenated alkanes) is 1. The van der Waals surface area contributed by atoms with Crippen molar-refractivity contribution in [3.8, 4) is 0 Å². The van der Waals surface area contributed by atoms with Crippen LogP contribution in [0.2, 0.25) is 0 Å². The molecular weight excluding hydrogens is 446 g/mol. The molecule has 0 radical (unpaired) electrons. The molecular formula is C28H29NO6. The molecule has 0 bridgehead atoms. The topological polar surface area (TPSA) is 93.1 Å². The molecule has 2 aliphatic rings. The van der Waals surface area contributed by atoms with Gasteiger partial charge < -0.3 is 14.6 Å². The highest BCUT2D eigenvalue weighted by Gasteiger charge is 2.55. The molecule has 0 aliphatic carbocycles. The largest absolute Gasteiger partial charge is 0.481 e. The molecule has 2 aromatic rings. The third-order valence-corrected chi connectivity index (χ3v) is 6.13. The second kappa shape index (κ2) is 11.5. The van der Waals surface area contributed by atoms with Gasteiger partial charge in [0.2, 0.25) is 5.91 Å². The summed E-state index contributed by atoms with van der Waals surface area (Å²) in [6.07, 6.45) is 6.10. The van der Waals surface area contributed by atoms with Crippen LogP contribution in [0.3, 0.4) is 0 Å². The van der Waals surface area contributed by atoms with Crippen LogP contribution in [0, 0.1) is 0 Å². The molecule has 4 rings (SSSR count). The molecule has 2 aromatic carbocycles. The van der Waals surface area contributed by atoms with Crippen molar-refractivity contribution < 1.29 is 29.0 Å². The van der Waals surface area contributed by atoms with Gasteiger partial charge in [0, 0.05) is 6.42 Å². The molecule has 2 aliphatic heterocycles. The van der Waals surface area contributed by atoms with E-state index in [4.69, 9.17) is 14.6 Å². The molecule has 1 amide bonds. The van der Waals surface area contributed by atoms with E-state index in [1.54, 1.807) is 0 Å². The van der Waals surface area contributed by atoms with E-state index < -0.39 is 24.2 Å². The van der Waals surface area contributed by atoms with E-state index in [0.717, 1.165) is 16.7 Å². The molecule has 35 heavy (non-hydrogen) atoms. The SMILES string of the molecule is O=C(O)CCCCC(CC=Cc1ccccc1)=C1OC2CC(=O)N2C1C(=O)OCc1ccccc1. The fourth-order valence-corrected chi connectivity index (χ4v) is 4.29. The highest BCUT2D eigenvalue weighted by molar-refractivity contribution is 5.92. The smallest absolute Gasteiger partial charge is 0.337 e. The first-order chi connectivity index (χ1) is 17.0. The molecule has 1 N–H and O–H groups in total. The Kier molecular flexibility index (Phi) is 7.98. The highest BCUT2D eigenvalue weighted by atomic mass is 16.6. The number of allylic oxidation sites excluding steroid dienone is 2. The molecule has 0 saturated carbocycles. The molecule has 0 aromatic heterocycles. The number of carbonyl (C=O) groups excluding carboxylic acids is 2. The summed E-state index contributed by atoms with van der Waals surface area (Å²) < 4.78 is 11.7. The van der Waals surface area contributed by atoms with Crippen LogP contribution in [0.1, 0.15) is 49.7 Å². The van der Waals surface area contributed by atoms with Crippen LogP contribution in [0.25, 0.3) is 6.08 Å². The minimum atomic E-state index is -0.912. The van der Waals surface area contributed by atoms with Gasteiger partial charge in [-0.05, 0) is 42.4 Å². The van der Waals surface area contributed by atoms with E-state index in [1.807, 2.05) is 72.8 Å². The van der Waals surface area contributed by atoms with Crippen molar-refractivity contribution in [2.45, 2.75) is 57.4 Å². The number of rotatable bonds is 11. The number of aliphatic carboxylic acids is 1. The monoisotopic (exact) mass is 475 g/mol. The van der Waals surface area contributed by atoms with E-state index in [2.05, 4.69) is 0 Å². The van der Waals surface area contributed by atoms with Gasteiger partial charge in [-0.3, -0.25) is 14.5 Å². The summed E-state index contributed by atoms with van der Waals surface area (Å²) in [4.78, 5) is 37.9. The third kappa shape index (κ3) is 6.18. The Hall–Kier alpha value is -3.87. The van der Waals surface area contributed by atoms with Gasteiger partial charge in [-0.15, -0.1) is 0 Å². The quantitative estimate of drug-likeness (QED) is 0.288. The van der Waals surface area contributed by atoms with E-state index in [0.29, 0.717) is 31.4 Å². The Morgan fingerprint density at radius 3 is 2.40 bits per heavy atom. The number of carboxylic acid groups (broad SMARTS) is 1. The van der Waals surface area contributed by atoms with Gasteiger partial charge in [-0.2, -0.15) is 0 Å². The maximum atomic E-state index is 13.2. The lowest BCUT2D eigenvalue weighted by molar-refractivity contribution is -0.166. The van der Waals surface area contributed by atoms with Gasteiger partial charge in [-0.1, -0.05) is 72.8 Å². The van der Waals surface area contributed by atoms with Gasteiger partial charge in [0.1, 0.15) is 12.4 Å². The predicted molar refractivity (Wildman–Crippen MR) is 130 cm³/mol. The van der Waals surface area contributed by atoms with E-state index in [-0.39, 0.29) is 25.4 Å². The highest BCUT2D eigenvalue weighted by Crippen LogP contribution is 2.40. The summed E-state index contributed by atoms with van der Waals surface area (Å²) in [7, 11) is 0. The van der Waals surface area contributed by atoms with Crippen LogP contribution in [-0.4, -0.2) is 40.1 Å². The molecule has 2 saturated heterocycles. The van der Waals surface area contributed by atoms with Crippen LogP contribution in [0.5, 0.6) is 0 Å². The van der Waals surface area contributed by atoms with Crippen molar-refractivity contribution in [3.05, 3.63) is 89.2 Å². The van der Waals surface area contributed by atoms with Gasteiger partial charge in [0.15, 0.2) is 12.3 Å². The van der Waals surface area contributed by atoms with Crippen molar-refractivity contribution in [1.82, 2.24) is 4.90 Å². The zero-order valence-electron chi connectivity index (χ0n) is 19.5. The first-order valence-corrected chi connectivity index (χ1v) is 11.9. The minimum Gasteiger partial charge on any atom is -0.481 e. The van der Waals surface area contributed by atoms with Gasteiger partial charge >= 0.3 is 11.9 Å². The molecule has 2 atom stereocenters. The van der Waals surface area contributed by atoms with Crippen molar-refractivity contribution in [2.75, 3.05) is 0 Å². The summed E-state index contributed by atoms with van der Waals surface area (Å²) >= 11 is 0. The van der Waals surface area contributed by atoms with Gasteiger partial charge in [-0.25, -0.2) is 4.79 Å². The number of amides is 1. The number of hydrogen-bond acceptors (Lipinski definition) is 5. The van der Waals surface area contributed by atoms with Gasteiger partial charge in [0.05, 0.1) is 6.42 Å². The number of esters is 1. The van der Waals surface area contributed by atoms with Crippen molar-refractivity contribution in [2.24, 2.45) is 0 Å². The summed E-state index contributed by atoms with van der Waals surface area (Å²) in [6.45, 7) is 0.109. The van der Waals surface area contributed by atoms with Gasteiger partial charge in [0.25, 0.3) is 0 Å². The number of β-lactam (4-membered cyclic amide) rings is 1. The lowest BCUT2D eigenvalue weighted by atomic mass is 9.98. The Balaban J connectivity index is 1.55. The molecule has 182 valence electrons. The number of nitrogens with zero attached hydrogens (tertiary/aromatic N) is 1. The first kappa shape index (κ1) is 24.3. The molecule has 7 heteroatoms. The minimum absolute atomic E-state index is 0.0824. The Labute approximate surface area is 204 Å². The normalized spacial score (nSPS) is 20.2.